The Bertz CT molecular complexity index is 737. The molecule has 0 spiro atoms. The maximum atomic E-state index is 12.2. The predicted octanol–water partition coefficient (Wildman–Crippen LogP) is 1.49. The van der Waals surface area contributed by atoms with Crippen LogP contribution in [0.2, 0.25) is 0 Å². The van der Waals surface area contributed by atoms with Crippen molar-refractivity contribution in [3.63, 3.8) is 0 Å². The summed E-state index contributed by atoms with van der Waals surface area (Å²) in [6.07, 6.45) is 0.110. The van der Waals surface area contributed by atoms with Crippen LogP contribution >= 0.6 is 0 Å². The minimum atomic E-state index is -0.447. The second-order valence-corrected chi connectivity index (χ2v) is 5.42. The van der Waals surface area contributed by atoms with Gasteiger partial charge in [-0.2, -0.15) is 10.1 Å². The van der Waals surface area contributed by atoms with Crippen molar-refractivity contribution in [1.82, 2.24) is 14.8 Å². The molecule has 1 aliphatic heterocycles. The summed E-state index contributed by atoms with van der Waals surface area (Å²) in [5, 5.41) is 9.73. The monoisotopic (exact) mass is 299 g/mol. The second kappa shape index (κ2) is 5.59. The molecule has 0 radical (unpaired) electrons. The van der Waals surface area contributed by atoms with Crippen LogP contribution in [0.3, 0.4) is 0 Å². The molecule has 1 aliphatic rings. The van der Waals surface area contributed by atoms with E-state index >= 15 is 0 Å². The highest BCUT2D eigenvalue weighted by atomic mass is 16.2. The van der Waals surface area contributed by atoms with Gasteiger partial charge in [0.2, 0.25) is 17.8 Å². The van der Waals surface area contributed by atoms with Gasteiger partial charge in [-0.15, -0.1) is 0 Å². The summed E-state index contributed by atoms with van der Waals surface area (Å²) in [6, 6.07) is 7.54. The molecule has 22 heavy (non-hydrogen) atoms. The molecule has 114 valence electrons. The van der Waals surface area contributed by atoms with Gasteiger partial charge in [-0.3, -0.25) is 14.9 Å². The fourth-order valence-electron chi connectivity index (χ4n) is 2.47. The number of carbonyl (C=O) groups excluding carboxylic acids is 2. The standard InChI is InChI=1S/C15H17N5O2/c1-9-5-3-4-6-12(9)17-13(21)7-11-8-20-15(18-14(11)22)16-10(2)19-20/h3-6,11H,7-8H2,1-2H3,(H,17,21)(H,16,18,19,22)/t11-/m1/s1. The van der Waals surface area contributed by atoms with E-state index in [4.69, 9.17) is 0 Å². The van der Waals surface area contributed by atoms with Gasteiger partial charge >= 0.3 is 0 Å². The Labute approximate surface area is 127 Å². The maximum Gasteiger partial charge on any atom is 0.232 e. The number of carbonyl (C=O) groups is 2. The van der Waals surface area contributed by atoms with Crippen LogP contribution in [0.1, 0.15) is 17.8 Å². The summed E-state index contributed by atoms with van der Waals surface area (Å²) in [7, 11) is 0. The lowest BCUT2D eigenvalue weighted by atomic mass is 10.0. The average molecular weight is 299 g/mol. The van der Waals surface area contributed by atoms with Crippen LogP contribution < -0.4 is 10.6 Å². The topological polar surface area (TPSA) is 88.9 Å². The summed E-state index contributed by atoms with van der Waals surface area (Å²) < 4.78 is 1.63. The third-order valence-corrected chi connectivity index (χ3v) is 3.63. The summed E-state index contributed by atoms with van der Waals surface area (Å²) in [4.78, 5) is 28.3. The zero-order valence-electron chi connectivity index (χ0n) is 12.5. The minimum Gasteiger partial charge on any atom is -0.326 e. The van der Waals surface area contributed by atoms with E-state index in [0.717, 1.165) is 11.3 Å². The van der Waals surface area contributed by atoms with Gasteiger partial charge in [-0.1, -0.05) is 18.2 Å². The molecule has 0 bridgehead atoms. The first-order valence-corrected chi connectivity index (χ1v) is 7.10. The fraction of sp³-hybridized carbons (Fsp3) is 0.333. The zero-order chi connectivity index (χ0) is 15.7. The van der Waals surface area contributed by atoms with Gasteiger partial charge in [0.1, 0.15) is 5.82 Å². The molecule has 2 N–H and O–H groups in total. The van der Waals surface area contributed by atoms with E-state index in [9.17, 15) is 9.59 Å². The van der Waals surface area contributed by atoms with Crippen molar-refractivity contribution in [2.45, 2.75) is 26.8 Å². The molecule has 1 atom stereocenters. The summed E-state index contributed by atoms with van der Waals surface area (Å²) in [6.45, 7) is 4.05. The highest BCUT2D eigenvalue weighted by molar-refractivity contribution is 5.98. The molecule has 0 fully saturated rings. The fourth-order valence-corrected chi connectivity index (χ4v) is 2.47. The van der Waals surface area contributed by atoms with E-state index in [1.165, 1.54) is 0 Å². The molecule has 3 rings (SSSR count). The first-order chi connectivity index (χ1) is 10.5. The largest absolute Gasteiger partial charge is 0.326 e. The second-order valence-electron chi connectivity index (χ2n) is 5.42. The summed E-state index contributed by atoms with van der Waals surface area (Å²) in [5.74, 6) is 0.213. The normalized spacial score (nSPS) is 16.8. The molecular formula is C15H17N5O2. The number of fused-ring (bicyclic) bond motifs is 1. The molecule has 1 aromatic carbocycles. The number of hydrogen-bond acceptors (Lipinski definition) is 4. The third-order valence-electron chi connectivity index (χ3n) is 3.63. The number of aromatic nitrogens is 3. The minimum absolute atomic E-state index is 0.110. The van der Waals surface area contributed by atoms with E-state index in [1.807, 2.05) is 31.2 Å². The smallest absolute Gasteiger partial charge is 0.232 e. The Morgan fingerprint density at radius 2 is 2.18 bits per heavy atom. The summed E-state index contributed by atoms with van der Waals surface area (Å²) in [5.41, 5.74) is 1.75. The zero-order valence-corrected chi connectivity index (χ0v) is 12.5. The molecule has 7 nitrogen and oxygen atoms in total. The number of rotatable bonds is 3. The van der Waals surface area contributed by atoms with E-state index in [0.29, 0.717) is 18.3 Å². The first-order valence-electron chi connectivity index (χ1n) is 7.10. The molecule has 1 aromatic heterocycles. The molecule has 2 aromatic rings. The average Bonchev–Trinajstić information content (AvgIpc) is 2.81. The van der Waals surface area contributed by atoms with Crippen molar-refractivity contribution >= 4 is 23.5 Å². The van der Waals surface area contributed by atoms with Crippen molar-refractivity contribution in [2.75, 3.05) is 10.6 Å². The van der Waals surface area contributed by atoms with Crippen molar-refractivity contribution in [1.29, 1.82) is 0 Å². The van der Waals surface area contributed by atoms with Gasteiger partial charge < -0.3 is 5.32 Å². The van der Waals surface area contributed by atoms with Crippen molar-refractivity contribution in [3.05, 3.63) is 35.7 Å². The maximum absolute atomic E-state index is 12.2. The molecule has 2 amide bonds. The van der Waals surface area contributed by atoms with Crippen LogP contribution in [0.25, 0.3) is 0 Å². The van der Waals surface area contributed by atoms with Crippen molar-refractivity contribution in [3.8, 4) is 0 Å². The Kier molecular flexibility index (Phi) is 3.62. The van der Waals surface area contributed by atoms with Crippen molar-refractivity contribution < 1.29 is 9.59 Å². The highest BCUT2D eigenvalue weighted by Gasteiger charge is 2.30. The molecule has 0 saturated carbocycles. The number of nitrogens with one attached hydrogen (secondary N) is 2. The highest BCUT2D eigenvalue weighted by Crippen LogP contribution is 2.20. The van der Waals surface area contributed by atoms with E-state index in [2.05, 4.69) is 20.7 Å². The van der Waals surface area contributed by atoms with Crippen LogP contribution in [0.5, 0.6) is 0 Å². The SMILES string of the molecule is Cc1nc2n(n1)C[C@@H](CC(=O)Nc1ccccc1C)C(=O)N2. The molecule has 0 aliphatic carbocycles. The molecule has 2 heterocycles. The van der Waals surface area contributed by atoms with E-state index in [-0.39, 0.29) is 18.2 Å². The molecule has 0 saturated heterocycles. The van der Waals surface area contributed by atoms with Crippen LogP contribution in [0.15, 0.2) is 24.3 Å². The van der Waals surface area contributed by atoms with Gasteiger partial charge in [0.05, 0.1) is 12.5 Å². The molecule has 7 heteroatoms. The van der Waals surface area contributed by atoms with Gasteiger partial charge in [0, 0.05) is 12.1 Å². The van der Waals surface area contributed by atoms with Crippen LogP contribution in [0.4, 0.5) is 11.6 Å². The predicted molar refractivity (Wildman–Crippen MR) is 81.3 cm³/mol. The summed E-state index contributed by atoms with van der Waals surface area (Å²) >= 11 is 0. The molecule has 0 unspecified atom stereocenters. The van der Waals surface area contributed by atoms with Crippen LogP contribution in [0, 0.1) is 19.8 Å². The Morgan fingerprint density at radius 1 is 1.41 bits per heavy atom. The van der Waals surface area contributed by atoms with Gasteiger partial charge in [-0.25, -0.2) is 4.68 Å². The Hall–Kier alpha value is -2.70. The first kappa shape index (κ1) is 14.2. The third kappa shape index (κ3) is 2.83. The van der Waals surface area contributed by atoms with Crippen molar-refractivity contribution in [2.24, 2.45) is 5.92 Å². The number of amides is 2. The van der Waals surface area contributed by atoms with E-state index in [1.54, 1.807) is 11.6 Å². The van der Waals surface area contributed by atoms with E-state index < -0.39 is 5.92 Å². The number of aryl methyl sites for hydroxylation is 2. The van der Waals surface area contributed by atoms with Gasteiger partial charge in [-0.05, 0) is 25.5 Å². The Balaban J connectivity index is 1.67. The number of benzene rings is 1. The number of para-hydroxylation sites is 1. The lowest BCUT2D eigenvalue weighted by molar-refractivity contribution is -0.126. The molecular weight excluding hydrogens is 282 g/mol. The van der Waals surface area contributed by atoms with Crippen LogP contribution in [-0.2, 0) is 16.1 Å². The van der Waals surface area contributed by atoms with Crippen LogP contribution in [-0.4, -0.2) is 26.6 Å². The Morgan fingerprint density at radius 3 is 2.95 bits per heavy atom. The van der Waals surface area contributed by atoms with Gasteiger partial charge in [0.25, 0.3) is 0 Å². The number of nitrogens with zero attached hydrogens (tertiary/aromatic N) is 3. The lowest BCUT2D eigenvalue weighted by Gasteiger charge is -2.21. The van der Waals surface area contributed by atoms with Gasteiger partial charge in [0.15, 0.2) is 0 Å². The number of hydrogen-bond donors (Lipinski definition) is 2. The quantitative estimate of drug-likeness (QED) is 0.898. The number of anilines is 2. The lowest BCUT2D eigenvalue weighted by Crippen LogP contribution is -2.36.